The van der Waals surface area contributed by atoms with E-state index in [0.717, 1.165) is 93.2 Å². The lowest BCUT2D eigenvalue weighted by Crippen LogP contribution is -2.34. The Balaban J connectivity index is 1.10. The second kappa shape index (κ2) is 18.2. The first kappa shape index (κ1) is 39.1. The lowest BCUT2D eigenvalue weighted by molar-refractivity contribution is 0.160. The van der Waals surface area contributed by atoms with Crippen LogP contribution in [0.25, 0.3) is 22.9 Å². The fraction of sp³-hybridized carbons (Fsp3) is 0.296. The molecule has 6 aromatic rings. The Morgan fingerprint density at radius 3 is 1.22 bits per heavy atom. The van der Waals surface area contributed by atoms with E-state index >= 15 is 0 Å². The molecule has 4 heteroatoms. The van der Waals surface area contributed by atoms with Gasteiger partial charge in [-0.1, -0.05) is 162 Å². The highest BCUT2D eigenvalue weighted by molar-refractivity contribution is 6.02. The van der Waals surface area contributed by atoms with Gasteiger partial charge >= 0.3 is 0 Å². The Bertz CT molecular complexity index is 2150. The van der Waals surface area contributed by atoms with Gasteiger partial charge in [-0.25, -0.2) is 0 Å². The predicted octanol–water partition coefficient (Wildman–Crippen LogP) is 14.2. The molecular weight excluding hydrogens is 713 g/mol. The van der Waals surface area contributed by atoms with Crippen molar-refractivity contribution >= 4 is 22.9 Å². The third kappa shape index (κ3) is 8.16. The Kier molecular flexibility index (Phi) is 12.3. The molecule has 58 heavy (non-hydrogen) atoms. The lowest BCUT2D eigenvalue weighted by Gasteiger charge is -2.38. The van der Waals surface area contributed by atoms with Crippen molar-refractivity contribution in [3.8, 4) is 23.0 Å². The van der Waals surface area contributed by atoms with Gasteiger partial charge in [-0.15, -0.1) is 0 Å². The zero-order chi connectivity index (χ0) is 39.6. The minimum absolute atomic E-state index is 0.735. The number of hydrogen-bond acceptors (Lipinski definition) is 4. The van der Waals surface area contributed by atoms with Crippen molar-refractivity contribution in [1.82, 2.24) is 0 Å². The maximum absolute atomic E-state index is 7.21. The van der Waals surface area contributed by atoms with Gasteiger partial charge in [0.2, 0.25) is 0 Å². The average molecular weight is 769 g/mol. The van der Waals surface area contributed by atoms with E-state index in [-0.39, 0.29) is 0 Å². The molecule has 6 aromatic carbocycles. The smallest absolute Gasteiger partial charge is 0.178 e. The maximum atomic E-state index is 7.21. The lowest BCUT2D eigenvalue weighted by atomic mass is 9.81. The zero-order valence-electron chi connectivity index (χ0n) is 34.1. The first-order valence-electron chi connectivity index (χ1n) is 21.6. The van der Waals surface area contributed by atoms with Gasteiger partial charge in [0.15, 0.2) is 11.2 Å². The van der Waals surface area contributed by atoms with E-state index in [1.165, 1.54) is 51.4 Å². The van der Waals surface area contributed by atoms with Gasteiger partial charge in [0.1, 0.15) is 23.0 Å². The summed E-state index contributed by atoms with van der Waals surface area (Å²) < 4.78 is 26.7. The van der Waals surface area contributed by atoms with Crippen LogP contribution in [0.2, 0.25) is 0 Å². The molecule has 2 heterocycles. The molecule has 0 spiro atoms. The van der Waals surface area contributed by atoms with Gasteiger partial charge in [0.05, 0.1) is 13.2 Å². The summed E-state index contributed by atoms with van der Waals surface area (Å²) in [5.41, 5.74) is 4.69. The van der Waals surface area contributed by atoms with E-state index in [0.29, 0.717) is 0 Å². The van der Waals surface area contributed by atoms with Crippen LogP contribution in [-0.2, 0) is 11.2 Å². The van der Waals surface area contributed by atoms with E-state index in [4.69, 9.17) is 18.9 Å². The van der Waals surface area contributed by atoms with E-state index in [1.807, 2.05) is 0 Å². The molecule has 2 unspecified atom stereocenters. The summed E-state index contributed by atoms with van der Waals surface area (Å²) in [4.78, 5) is 0. The molecule has 296 valence electrons. The molecule has 0 radical (unpaired) electrons. The van der Waals surface area contributed by atoms with Crippen molar-refractivity contribution in [3.63, 3.8) is 0 Å². The van der Waals surface area contributed by atoms with Crippen LogP contribution in [0.5, 0.6) is 23.0 Å². The van der Waals surface area contributed by atoms with E-state index in [9.17, 15) is 0 Å². The van der Waals surface area contributed by atoms with Crippen LogP contribution in [0.15, 0.2) is 146 Å². The monoisotopic (exact) mass is 768 g/mol. The Hall–Kier alpha value is -5.74. The molecule has 2 atom stereocenters. The Labute approximate surface area is 345 Å². The van der Waals surface area contributed by atoms with Crippen molar-refractivity contribution in [1.29, 1.82) is 0 Å². The summed E-state index contributed by atoms with van der Waals surface area (Å²) in [6, 6.07) is 46.4. The standard InChI is InChI=1S/C54H56O4/c1-3-5-7-9-17-39-55-46-29-25-44(26-30-46)53(42-19-13-11-14-20-42)37-35-48-50(57-53)33-23-41-24-34-51-49(52(41)48)36-38-54(58-51,43-21-15-12-16-22-43)45-27-31-47(32-28-45)56-40-18-10-8-6-4-2/h11-16,19-38H,3-10,17-18,39-40H2,1-2H3. The molecule has 0 N–H and O–H groups in total. The Morgan fingerprint density at radius 2 is 0.810 bits per heavy atom. The summed E-state index contributed by atoms with van der Waals surface area (Å²) in [7, 11) is 0. The highest BCUT2D eigenvalue weighted by atomic mass is 16.5. The third-order valence-corrected chi connectivity index (χ3v) is 11.7. The molecule has 0 saturated carbocycles. The summed E-state index contributed by atoms with van der Waals surface area (Å²) >= 11 is 0. The summed E-state index contributed by atoms with van der Waals surface area (Å²) in [5, 5.41) is 2.24. The van der Waals surface area contributed by atoms with Crippen molar-refractivity contribution in [3.05, 3.63) is 179 Å². The number of hydrogen-bond donors (Lipinski definition) is 0. The van der Waals surface area contributed by atoms with Gasteiger partial charge in [-0.05, 0) is 78.9 Å². The fourth-order valence-corrected chi connectivity index (χ4v) is 8.47. The average Bonchev–Trinajstić information content (AvgIpc) is 3.29. The van der Waals surface area contributed by atoms with E-state index in [1.54, 1.807) is 0 Å². The molecule has 8 rings (SSSR count). The molecule has 0 saturated heterocycles. The molecular formula is C54H56O4. The van der Waals surface area contributed by atoms with Crippen molar-refractivity contribution < 1.29 is 18.9 Å². The van der Waals surface area contributed by atoms with Crippen LogP contribution in [0, 0.1) is 0 Å². The molecule has 2 aliphatic rings. The number of ether oxygens (including phenoxy) is 4. The molecule has 0 bridgehead atoms. The summed E-state index contributed by atoms with van der Waals surface area (Å²) in [6.07, 6.45) is 21.1. The van der Waals surface area contributed by atoms with Crippen LogP contribution in [0.3, 0.4) is 0 Å². The number of unbranched alkanes of at least 4 members (excludes halogenated alkanes) is 8. The molecule has 0 aromatic heterocycles. The Morgan fingerprint density at radius 1 is 0.414 bits per heavy atom. The van der Waals surface area contributed by atoms with E-state index in [2.05, 4.69) is 172 Å². The molecule has 0 aliphatic carbocycles. The number of rotatable bonds is 18. The maximum Gasteiger partial charge on any atom is 0.178 e. The van der Waals surface area contributed by atoms with Gasteiger partial charge in [0, 0.05) is 38.8 Å². The van der Waals surface area contributed by atoms with Crippen molar-refractivity contribution in [2.45, 2.75) is 89.3 Å². The van der Waals surface area contributed by atoms with Gasteiger partial charge < -0.3 is 18.9 Å². The highest BCUT2D eigenvalue weighted by Gasteiger charge is 2.40. The first-order valence-corrected chi connectivity index (χ1v) is 21.6. The fourth-order valence-electron chi connectivity index (χ4n) is 8.47. The third-order valence-electron chi connectivity index (χ3n) is 11.7. The number of fused-ring (bicyclic) bond motifs is 5. The van der Waals surface area contributed by atoms with Crippen LogP contribution in [-0.4, -0.2) is 13.2 Å². The van der Waals surface area contributed by atoms with Crippen LogP contribution >= 0.6 is 0 Å². The molecule has 2 aliphatic heterocycles. The van der Waals surface area contributed by atoms with Crippen LogP contribution in [0.4, 0.5) is 0 Å². The highest BCUT2D eigenvalue weighted by Crippen LogP contribution is 2.49. The minimum Gasteiger partial charge on any atom is -0.494 e. The van der Waals surface area contributed by atoms with Gasteiger partial charge in [-0.3, -0.25) is 0 Å². The zero-order valence-corrected chi connectivity index (χ0v) is 34.1. The molecule has 4 nitrogen and oxygen atoms in total. The summed E-state index contributed by atoms with van der Waals surface area (Å²) in [6.45, 7) is 5.96. The second-order valence-corrected chi connectivity index (χ2v) is 15.7. The van der Waals surface area contributed by atoms with Crippen molar-refractivity contribution in [2.75, 3.05) is 13.2 Å². The first-order chi connectivity index (χ1) is 28.6. The van der Waals surface area contributed by atoms with E-state index < -0.39 is 11.2 Å². The normalized spacial score (nSPS) is 17.9. The molecule has 0 fully saturated rings. The van der Waals surface area contributed by atoms with Crippen LogP contribution in [0.1, 0.15) is 111 Å². The van der Waals surface area contributed by atoms with Gasteiger partial charge in [-0.2, -0.15) is 0 Å². The van der Waals surface area contributed by atoms with Crippen LogP contribution < -0.4 is 18.9 Å². The second-order valence-electron chi connectivity index (χ2n) is 15.7. The number of benzene rings is 6. The quantitative estimate of drug-likeness (QED) is 0.0816. The SMILES string of the molecule is CCCCCCCOc1ccc(C2(c3ccccc3)C=Cc3c(ccc4ccc5c(c34)C=CC(c3ccccc3)(c3ccc(OCCCCCCC)cc3)O5)O2)cc1. The predicted molar refractivity (Wildman–Crippen MR) is 239 cm³/mol. The van der Waals surface area contributed by atoms with Crippen molar-refractivity contribution in [2.24, 2.45) is 0 Å². The van der Waals surface area contributed by atoms with Gasteiger partial charge in [0.25, 0.3) is 0 Å². The largest absolute Gasteiger partial charge is 0.494 e. The summed E-state index contributed by atoms with van der Waals surface area (Å²) in [5.74, 6) is 3.43. The topological polar surface area (TPSA) is 36.9 Å². The minimum atomic E-state index is -0.810. The molecule has 0 amide bonds.